The molecule has 0 aliphatic heterocycles. The number of rotatable bonds is 4. The van der Waals surface area contributed by atoms with E-state index in [2.05, 4.69) is 52.0 Å². The van der Waals surface area contributed by atoms with Gasteiger partial charge in [-0.2, -0.15) is 0 Å². The number of unbranched alkanes of at least 4 members (excludes halogenated alkanes) is 1. The summed E-state index contributed by atoms with van der Waals surface area (Å²) < 4.78 is 0. The van der Waals surface area contributed by atoms with Gasteiger partial charge < -0.3 is 0 Å². The molecule has 0 radical (unpaired) electrons. The van der Waals surface area contributed by atoms with Gasteiger partial charge in [-0.3, -0.25) is 0 Å². The average molecular weight is 204 g/mol. The van der Waals surface area contributed by atoms with Crippen molar-refractivity contribution in [2.45, 2.75) is 53.4 Å². The van der Waals surface area contributed by atoms with E-state index in [0.29, 0.717) is 5.41 Å². The Hall–Kier alpha value is -0.780. The van der Waals surface area contributed by atoms with Crippen LogP contribution in [0.1, 0.15) is 51.2 Å². The van der Waals surface area contributed by atoms with Crippen molar-refractivity contribution in [3.05, 3.63) is 35.4 Å². The van der Waals surface area contributed by atoms with Gasteiger partial charge in [-0.1, -0.05) is 51.5 Å². The van der Waals surface area contributed by atoms with Gasteiger partial charge in [-0.25, -0.2) is 0 Å². The maximum absolute atomic E-state index is 2.32. The summed E-state index contributed by atoms with van der Waals surface area (Å²) in [6.07, 6.45) is 5.24. The Morgan fingerprint density at radius 1 is 1.00 bits per heavy atom. The molecule has 0 bridgehead atoms. The zero-order valence-corrected chi connectivity index (χ0v) is 10.6. The Balaban J connectivity index is 2.30. The second-order valence-electron chi connectivity index (χ2n) is 5.69. The van der Waals surface area contributed by atoms with Crippen LogP contribution in [0.3, 0.4) is 0 Å². The minimum Gasteiger partial charge on any atom is -0.0620 e. The van der Waals surface area contributed by atoms with E-state index in [1.807, 2.05) is 0 Å². The Morgan fingerprint density at radius 3 is 2.27 bits per heavy atom. The number of hydrogen-bond acceptors (Lipinski definition) is 0. The van der Waals surface area contributed by atoms with Crippen LogP contribution in [0.15, 0.2) is 24.3 Å². The van der Waals surface area contributed by atoms with Crippen LogP contribution in [0.25, 0.3) is 0 Å². The minimum atomic E-state index is 0.492. The van der Waals surface area contributed by atoms with E-state index in [1.54, 1.807) is 0 Å². The third-order valence-corrected chi connectivity index (χ3v) is 2.88. The van der Waals surface area contributed by atoms with Gasteiger partial charge in [-0.15, -0.1) is 0 Å². The molecule has 0 aliphatic carbocycles. The highest BCUT2D eigenvalue weighted by atomic mass is 14.1. The van der Waals surface area contributed by atoms with Crippen molar-refractivity contribution in [1.29, 1.82) is 0 Å². The molecule has 0 N–H and O–H groups in total. The highest BCUT2D eigenvalue weighted by Crippen LogP contribution is 2.22. The van der Waals surface area contributed by atoms with Crippen LogP contribution < -0.4 is 0 Å². The van der Waals surface area contributed by atoms with Gasteiger partial charge in [0, 0.05) is 0 Å². The molecule has 0 spiro atoms. The summed E-state index contributed by atoms with van der Waals surface area (Å²) in [5.74, 6) is 0. The molecule has 0 saturated carbocycles. The van der Waals surface area contributed by atoms with Crippen LogP contribution in [0.4, 0.5) is 0 Å². The van der Waals surface area contributed by atoms with Crippen LogP contribution >= 0.6 is 0 Å². The molecule has 0 nitrogen and oxygen atoms in total. The molecule has 0 heteroatoms. The Kier molecular flexibility index (Phi) is 4.38. The van der Waals surface area contributed by atoms with Crippen LogP contribution in [0, 0.1) is 12.3 Å². The van der Waals surface area contributed by atoms with Crippen molar-refractivity contribution < 1.29 is 0 Å². The van der Waals surface area contributed by atoms with Gasteiger partial charge in [0.05, 0.1) is 0 Å². The predicted octanol–water partition coefficient (Wildman–Crippen LogP) is 4.75. The van der Waals surface area contributed by atoms with E-state index in [9.17, 15) is 0 Å². The third kappa shape index (κ3) is 5.01. The zero-order valence-electron chi connectivity index (χ0n) is 10.6. The van der Waals surface area contributed by atoms with Crippen molar-refractivity contribution in [3.63, 3.8) is 0 Å². The maximum atomic E-state index is 2.32. The van der Waals surface area contributed by atoms with Crippen LogP contribution in [0.5, 0.6) is 0 Å². The van der Waals surface area contributed by atoms with E-state index in [0.717, 1.165) is 0 Å². The molecule has 0 aliphatic rings. The van der Waals surface area contributed by atoms with Crippen molar-refractivity contribution in [1.82, 2.24) is 0 Å². The van der Waals surface area contributed by atoms with E-state index in [1.165, 1.54) is 36.8 Å². The molecule has 0 atom stereocenters. The van der Waals surface area contributed by atoms with Gasteiger partial charge in [0.25, 0.3) is 0 Å². The molecule has 84 valence electrons. The molecule has 0 aromatic heterocycles. The van der Waals surface area contributed by atoms with E-state index < -0.39 is 0 Å². The lowest BCUT2D eigenvalue weighted by Gasteiger charge is -2.17. The van der Waals surface area contributed by atoms with Crippen LogP contribution in [0.2, 0.25) is 0 Å². The molecule has 0 heterocycles. The smallest absolute Gasteiger partial charge is 0.0276 e. The molecule has 1 aromatic rings. The van der Waals surface area contributed by atoms with Gasteiger partial charge in [0.2, 0.25) is 0 Å². The Bertz CT molecular complexity index is 291. The van der Waals surface area contributed by atoms with E-state index in [-0.39, 0.29) is 0 Å². The quantitative estimate of drug-likeness (QED) is 0.621. The van der Waals surface area contributed by atoms with Crippen molar-refractivity contribution >= 4 is 0 Å². The topological polar surface area (TPSA) is 0 Å². The van der Waals surface area contributed by atoms with E-state index >= 15 is 0 Å². The average Bonchev–Trinajstić information content (AvgIpc) is 2.13. The van der Waals surface area contributed by atoms with Crippen molar-refractivity contribution in [3.8, 4) is 0 Å². The largest absolute Gasteiger partial charge is 0.0620 e. The van der Waals surface area contributed by atoms with Crippen molar-refractivity contribution in [2.24, 2.45) is 5.41 Å². The zero-order chi connectivity index (χ0) is 11.3. The summed E-state index contributed by atoms with van der Waals surface area (Å²) in [6.45, 7) is 9.17. The fourth-order valence-electron chi connectivity index (χ4n) is 1.86. The van der Waals surface area contributed by atoms with Crippen LogP contribution in [-0.4, -0.2) is 0 Å². The second kappa shape index (κ2) is 5.34. The molecular formula is C15H24. The maximum Gasteiger partial charge on any atom is -0.0276 e. The standard InChI is InChI=1S/C15H24/c1-13-9-5-6-10-14(13)11-7-8-12-15(2,3)4/h5-6,9-10H,7-8,11-12H2,1-4H3. The summed E-state index contributed by atoms with van der Waals surface area (Å²) in [5, 5.41) is 0. The number of aryl methyl sites for hydroxylation is 2. The first-order valence-corrected chi connectivity index (χ1v) is 6.03. The number of hydrogen-bond donors (Lipinski definition) is 0. The molecule has 0 unspecified atom stereocenters. The first kappa shape index (κ1) is 12.3. The highest BCUT2D eigenvalue weighted by molar-refractivity contribution is 5.25. The summed E-state index contributed by atoms with van der Waals surface area (Å²) in [7, 11) is 0. The molecule has 0 amide bonds. The molecule has 0 saturated heterocycles. The van der Waals surface area contributed by atoms with Gasteiger partial charge in [-0.05, 0) is 42.7 Å². The second-order valence-corrected chi connectivity index (χ2v) is 5.69. The van der Waals surface area contributed by atoms with Gasteiger partial charge >= 0.3 is 0 Å². The highest BCUT2D eigenvalue weighted by Gasteiger charge is 2.08. The summed E-state index contributed by atoms with van der Waals surface area (Å²) in [5.41, 5.74) is 3.45. The van der Waals surface area contributed by atoms with Gasteiger partial charge in [0.15, 0.2) is 0 Å². The monoisotopic (exact) mass is 204 g/mol. The minimum absolute atomic E-state index is 0.492. The third-order valence-electron chi connectivity index (χ3n) is 2.88. The fourth-order valence-corrected chi connectivity index (χ4v) is 1.86. The summed E-state index contributed by atoms with van der Waals surface area (Å²) >= 11 is 0. The molecule has 1 rings (SSSR count). The van der Waals surface area contributed by atoms with Crippen molar-refractivity contribution in [2.75, 3.05) is 0 Å². The van der Waals surface area contributed by atoms with E-state index in [4.69, 9.17) is 0 Å². The first-order chi connectivity index (χ1) is 6.99. The molecule has 1 aromatic carbocycles. The lowest BCUT2D eigenvalue weighted by molar-refractivity contribution is 0.360. The number of benzene rings is 1. The first-order valence-electron chi connectivity index (χ1n) is 6.03. The lowest BCUT2D eigenvalue weighted by Crippen LogP contribution is -2.04. The molecule has 0 fully saturated rings. The lowest BCUT2D eigenvalue weighted by atomic mass is 9.89. The molecule has 15 heavy (non-hydrogen) atoms. The fraction of sp³-hybridized carbons (Fsp3) is 0.600. The SMILES string of the molecule is Cc1ccccc1CCCCC(C)(C)C. The summed E-state index contributed by atoms with van der Waals surface area (Å²) in [6, 6.07) is 8.73. The predicted molar refractivity (Wildman–Crippen MR) is 68.2 cm³/mol. The Labute approximate surface area is 94.7 Å². The van der Waals surface area contributed by atoms with Crippen LogP contribution in [-0.2, 0) is 6.42 Å². The van der Waals surface area contributed by atoms with Gasteiger partial charge in [0.1, 0.15) is 0 Å². The normalized spacial score (nSPS) is 11.7. The molecular weight excluding hydrogens is 180 g/mol. The summed E-state index contributed by atoms with van der Waals surface area (Å²) in [4.78, 5) is 0. The Morgan fingerprint density at radius 2 is 1.67 bits per heavy atom.